The van der Waals surface area contributed by atoms with Crippen molar-refractivity contribution in [3.05, 3.63) is 78.9 Å². The van der Waals surface area contributed by atoms with Crippen LogP contribution in [0.5, 0.6) is 0 Å². The molecule has 0 saturated carbocycles. The monoisotopic (exact) mass is 474 g/mol. The van der Waals surface area contributed by atoms with Crippen molar-refractivity contribution < 1.29 is 22.0 Å². The standard InChI is InChI=1S/C18H8BrF5N2OS/c19-16-4-3-15(28-16)14-6-12(18(22,23)24)11(7-25)17(27)26(14)8-9-1-2-10(20)5-13(9)21/h1-6H,8H2. The Morgan fingerprint density at radius 3 is 2.39 bits per heavy atom. The molecule has 0 aliphatic rings. The summed E-state index contributed by atoms with van der Waals surface area (Å²) in [4.78, 5) is 13.0. The van der Waals surface area contributed by atoms with Gasteiger partial charge in [0.15, 0.2) is 0 Å². The van der Waals surface area contributed by atoms with Gasteiger partial charge in [-0.2, -0.15) is 18.4 Å². The number of halogens is 6. The molecule has 3 nitrogen and oxygen atoms in total. The van der Waals surface area contributed by atoms with Gasteiger partial charge in [-0.05, 0) is 40.2 Å². The Kier molecular flexibility index (Phi) is 5.41. The van der Waals surface area contributed by atoms with E-state index in [2.05, 4.69) is 15.9 Å². The van der Waals surface area contributed by atoms with Crippen molar-refractivity contribution in [1.29, 1.82) is 5.26 Å². The molecule has 0 unspecified atom stereocenters. The minimum absolute atomic E-state index is 0.107. The van der Waals surface area contributed by atoms with E-state index >= 15 is 0 Å². The maximum atomic E-state index is 14.1. The van der Waals surface area contributed by atoms with E-state index in [1.54, 1.807) is 6.07 Å². The van der Waals surface area contributed by atoms with E-state index in [0.717, 1.165) is 28.0 Å². The molecule has 0 fully saturated rings. The highest BCUT2D eigenvalue weighted by molar-refractivity contribution is 9.11. The molecule has 0 aliphatic heterocycles. The van der Waals surface area contributed by atoms with Gasteiger partial charge in [-0.1, -0.05) is 6.07 Å². The van der Waals surface area contributed by atoms with Crippen molar-refractivity contribution >= 4 is 27.3 Å². The van der Waals surface area contributed by atoms with Crippen LogP contribution < -0.4 is 5.56 Å². The lowest BCUT2D eigenvalue weighted by Crippen LogP contribution is -2.28. The van der Waals surface area contributed by atoms with Crippen LogP contribution in [0.15, 0.2) is 45.0 Å². The number of rotatable bonds is 3. The molecule has 3 aromatic rings. The largest absolute Gasteiger partial charge is 0.417 e. The molecule has 28 heavy (non-hydrogen) atoms. The van der Waals surface area contributed by atoms with Crippen LogP contribution in [0.4, 0.5) is 22.0 Å². The summed E-state index contributed by atoms with van der Waals surface area (Å²) in [7, 11) is 0. The normalized spacial score (nSPS) is 11.5. The van der Waals surface area contributed by atoms with Gasteiger partial charge in [0.25, 0.3) is 5.56 Å². The Morgan fingerprint density at radius 1 is 1.14 bits per heavy atom. The topological polar surface area (TPSA) is 45.8 Å². The first-order chi connectivity index (χ1) is 13.1. The van der Waals surface area contributed by atoms with E-state index in [1.165, 1.54) is 12.1 Å². The molecule has 0 N–H and O–H groups in total. The lowest BCUT2D eigenvalue weighted by Gasteiger charge is -2.17. The summed E-state index contributed by atoms with van der Waals surface area (Å²) >= 11 is 4.27. The van der Waals surface area contributed by atoms with E-state index in [1.807, 2.05) is 0 Å². The van der Waals surface area contributed by atoms with Crippen molar-refractivity contribution in [2.75, 3.05) is 0 Å². The van der Waals surface area contributed by atoms with Gasteiger partial charge >= 0.3 is 6.18 Å². The van der Waals surface area contributed by atoms with Crippen LogP contribution in [0.3, 0.4) is 0 Å². The number of thiophene rings is 1. The minimum Gasteiger partial charge on any atom is -0.302 e. The molecular weight excluding hydrogens is 467 g/mol. The van der Waals surface area contributed by atoms with Crippen LogP contribution in [0, 0.1) is 23.0 Å². The number of nitrogens with zero attached hydrogens (tertiary/aromatic N) is 2. The summed E-state index contributed by atoms with van der Waals surface area (Å²) in [6, 6.07) is 7.73. The average Bonchev–Trinajstić information content (AvgIpc) is 3.03. The van der Waals surface area contributed by atoms with Crippen molar-refractivity contribution in [3.8, 4) is 16.6 Å². The fraction of sp³-hybridized carbons (Fsp3) is 0.111. The number of nitriles is 1. The van der Waals surface area contributed by atoms with E-state index in [-0.39, 0.29) is 11.3 Å². The quantitative estimate of drug-likeness (QED) is 0.466. The Balaban J connectivity index is 2.31. The minimum atomic E-state index is -4.92. The second kappa shape index (κ2) is 7.48. The molecule has 144 valence electrons. The van der Waals surface area contributed by atoms with Gasteiger partial charge in [0.2, 0.25) is 0 Å². The van der Waals surface area contributed by atoms with Crippen LogP contribution in [-0.2, 0) is 12.7 Å². The fourth-order valence-corrected chi connectivity index (χ4v) is 4.02. The first kappa shape index (κ1) is 20.2. The first-order valence-corrected chi connectivity index (χ1v) is 9.17. The Labute approximate surface area is 167 Å². The summed E-state index contributed by atoms with van der Waals surface area (Å²) < 4.78 is 68.8. The molecule has 2 heterocycles. The third-order valence-corrected chi connectivity index (χ3v) is 5.53. The van der Waals surface area contributed by atoms with E-state index in [9.17, 15) is 26.7 Å². The van der Waals surface area contributed by atoms with E-state index < -0.39 is 41.0 Å². The molecule has 0 atom stereocenters. The highest BCUT2D eigenvalue weighted by atomic mass is 79.9. The zero-order chi connectivity index (χ0) is 20.6. The van der Waals surface area contributed by atoms with Gasteiger partial charge in [0.1, 0.15) is 23.3 Å². The second-order valence-corrected chi connectivity index (χ2v) is 8.12. The summed E-state index contributed by atoms with van der Waals surface area (Å²) in [6.07, 6.45) is -4.92. The SMILES string of the molecule is N#Cc1c(C(F)(F)F)cc(-c2ccc(Br)s2)n(Cc2ccc(F)cc2F)c1=O. The molecule has 0 saturated heterocycles. The highest BCUT2D eigenvalue weighted by Crippen LogP contribution is 2.36. The summed E-state index contributed by atoms with van der Waals surface area (Å²) in [5, 5.41) is 9.12. The molecule has 10 heteroatoms. The lowest BCUT2D eigenvalue weighted by molar-refractivity contribution is -0.137. The van der Waals surface area contributed by atoms with Crippen molar-refractivity contribution in [3.63, 3.8) is 0 Å². The van der Waals surface area contributed by atoms with Crippen molar-refractivity contribution in [2.24, 2.45) is 0 Å². The van der Waals surface area contributed by atoms with Crippen LogP contribution in [0.25, 0.3) is 10.6 Å². The molecule has 1 aromatic carbocycles. The first-order valence-electron chi connectivity index (χ1n) is 7.56. The predicted octanol–water partition coefficient (Wildman–Crippen LogP) is 5.56. The number of benzene rings is 1. The number of hydrogen-bond donors (Lipinski definition) is 0. The number of alkyl halides is 3. The van der Waals surface area contributed by atoms with Gasteiger partial charge in [-0.3, -0.25) is 4.79 Å². The number of hydrogen-bond acceptors (Lipinski definition) is 3. The van der Waals surface area contributed by atoms with Gasteiger partial charge in [0, 0.05) is 11.6 Å². The number of aromatic nitrogens is 1. The summed E-state index contributed by atoms with van der Waals surface area (Å²) in [5.74, 6) is -1.79. The van der Waals surface area contributed by atoms with Crippen LogP contribution >= 0.6 is 27.3 Å². The third-order valence-electron chi connectivity index (χ3n) is 3.89. The van der Waals surface area contributed by atoms with Crippen LogP contribution in [0.1, 0.15) is 16.7 Å². The lowest BCUT2D eigenvalue weighted by atomic mass is 10.1. The van der Waals surface area contributed by atoms with E-state index in [0.29, 0.717) is 20.8 Å². The van der Waals surface area contributed by atoms with E-state index in [4.69, 9.17) is 5.26 Å². The van der Waals surface area contributed by atoms with Crippen molar-refractivity contribution in [1.82, 2.24) is 4.57 Å². The molecule has 0 spiro atoms. The molecule has 0 radical (unpaired) electrons. The smallest absolute Gasteiger partial charge is 0.302 e. The Hall–Kier alpha value is -2.51. The zero-order valence-electron chi connectivity index (χ0n) is 13.6. The van der Waals surface area contributed by atoms with Gasteiger partial charge in [-0.15, -0.1) is 11.3 Å². The van der Waals surface area contributed by atoms with Gasteiger partial charge in [-0.25, -0.2) is 8.78 Å². The maximum Gasteiger partial charge on any atom is 0.417 e. The van der Waals surface area contributed by atoms with Crippen LogP contribution in [-0.4, -0.2) is 4.57 Å². The highest BCUT2D eigenvalue weighted by Gasteiger charge is 2.36. The Bertz CT molecular complexity index is 1160. The van der Waals surface area contributed by atoms with Gasteiger partial charge < -0.3 is 4.57 Å². The van der Waals surface area contributed by atoms with Gasteiger partial charge in [0.05, 0.1) is 26.5 Å². The Morgan fingerprint density at radius 2 is 1.86 bits per heavy atom. The maximum absolute atomic E-state index is 14.1. The molecule has 0 aliphatic carbocycles. The third kappa shape index (κ3) is 3.86. The summed E-state index contributed by atoms with van der Waals surface area (Å²) in [5.41, 5.74) is -3.90. The fourth-order valence-electron chi connectivity index (χ4n) is 2.61. The molecule has 3 rings (SSSR count). The van der Waals surface area contributed by atoms with Crippen molar-refractivity contribution in [2.45, 2.75) is 12.7 Å². The van der Waals surface area contributed by atoms with Crippen LogP contribution in [0.2, 0.25) is 0 Å². The molecular formula is C18H8BrF5N2OS. The average molecular weight is 475 g/mol. The predicted molar refractivity (Wildman–Crippen MR) is 96.9 cm³/mol. The second-order valence-electron chi connectivity index (χ2n) is 5.66. The molecule has 2 aromatic heterocycles. The zero-order valence-corrected chi connectivity index (χ0v) is 16.1. The summed E-state index contributed by atoms with van der Waals surface area (Å²) in [6.45, 7) is -0.470. The molecule has 0 amide bonds. The number of pyridine rings is 1. The molecule has 0 bridgehead atoms.